The second-order valence-electron chi connectivity index (χ2n) is 3.28. The molecule has 0 saturated carbocycles. The minimum absolute atomic E-state index is 0.177. The molecule has 0 aromatic rings. The first-order valence-corrected chi connectivity index (χ1v) is 4.17. The van der Waals surface area contributed by atoms with Gasteiger partial charge in [-0.05, 0) is 12.3 Å². The molecule has 0 heterocycles. The van der Waals surface area contributed by atoms with Crippen LogP contribution in [0.3, 0.4) is 0 Å². The smallest absolute Gasteiger partial charge is 0.159 e. The summed E-state index contributed by atoms with van der Waals surface area (Å²) in [5, 5.41) is 9.58. The summed E-state index contributed by atoms with van der Waals surface area (Å²) < 4.78 is 10.2. The molecule has 1 aliphatic rings. The summed E-state index contributed by atoms with van der Waals surface area (Å²) in [6, 6.07) is 0. The van der Waals surface area contributed by atoms with Gasteiger partial charge >= 0.3 is 0 Å². The summed E-state index contributed by atoms with van der Waals surface area (Å²) in [5.41, 5.74) is 0. The second kappa shape index (κ2) is 3.81. The lowest BCUT2D eigenvalue weighted by Gasteiger charge is -2.26. The van der Waals surface area contributed by atoms with E-state index in [2.05, 4.69) is 6.92 Å². The maximum Gasteiger partial charge on any atom is 0.159 e. The number of methoxy groups -OCH3 is 2. The van der Waals surface area contributed by atoms with E-state index in [0.717, 1.165) is 12.8 Å². The summed E-state index contributed by atoms with van der Waals surface area (Å²) in [6.07, 6.45) is 1.50. The third-order valence-electron chi connectivity index (χ3n) is 2.27. The standard InChI is InChI=1S/C9H16O3/c1-6-4-7(11-2)9(10)8(5-6)12-3/h6-7,10H,4-5H2,1-3H3/t6?,7-/m1/s1. The molecule has 0 aromatic heterocycles. The molecule has 0 aromatic carbocycles. The fourth-order valence-corrected chi connectivity index (χ4v) is 1.56. The highest BCUT2D eigenvalue weighted by Gasteiger charge is 2.27. The number of allylic oxidation sites excluding steroid dienone is 1. The molecule has 0 spiro atoms. The molecule has 0 amide bonds. The SMILES string of the molecule is COC1=C(O)[C@H](OC)CC(C)C1. The van der Waals surface area contributed by atoms with Crippen molar-refractivity contribution < 1.29 is 14.6 Å². The van der Waals surface area contributed by atoms with E-state index in [1.165, 1.54) is 0 Å². The lowest BCUT2D eigenvalue weighted by Crippen LogP contribution is -2.24. The van der Waals surface area contributed by atoms with Crippen LogP contribution in [0.4, 0.5) is 0 Å². The maximum atomic E-state index is 9.58. The summed E-state index contributed by atoms with van der Waals surface area (Å²) in [4.78, 5) is 0. The van der Waals surface area contributed by atoms with E-state index >= 15 is 0 Å². The van der Waals surface area contributed by atoms with Gasteiger partial charge in [-0.2, -0.15) is 0 Å². The van der Waals surface area contributed by atoms with Crippen LogP contribution in [0.15, 0.2) is 11.5 Å². The van der Waals surface area contributed by atoms with Gasteiger partial charge in [0.2, 0.25) is 0 Å². The zero-order valence-electron chi connectivity index (χ0n) is 7.83. The van der Waals surface area contributed by atoms with Crippen molar-refractivity contribution in [3.8, 4) is 0 Å². The van der Waals surface area contributed by atoms with Crippen LogP contribution in [0.5, 0.6) is 0 Å². The van der Waals surface area contributed by atoms with Gasteiger partial charge in [-0.3, -0.25) is 0 Å². The van der Waals surface area contributed by atoms with Crippen LogP contribution in [-0.4, -0.2) is 25.4 Å². The van der Waals surface area contributed by atoms with Crippen LogP contribution in [0.2, 0.25) is 0 Å². The third-order valence-corrected chi connectivity index (χ3v) is 2.27. The predicted octanol–water partition coefficient (Wildman–Crippen LogP) is 1.85. The number of aliphatic hydroxyl groups is 1. The molecule has 2 atom stereocenters. The molecule has 0 bridgehead atoms. The van der Waals surface area contributed by atoms with E-state index in [9.17, 15) is 5.11 Å². The monoisotopic (exact) mass is 172 g/mol. The maximum absolute atomic E-state index is 9.58. The van der Waals surface area contributed by atoms with Crippen molar-refractivity contribution in [2.75, 3.05) is 14.2 Å². The molecule has 3 heteroatoms. The van der Waals surface area contributed by atoms with Crippen molar-refractivity contribution in [2.45, 2.75) is 25.9 Å². The highest BCUT2D eigenvalue weighted by molar-refractivity contribution is 5.10. The Balaban J connectivity index is 2.78. The Morgan fingerprint density at radius 3 is 2.58 bits per heavy atom. The van der Waals surface area contributed by atoms with Gasteiger partial charge in [0, 0.05) is 13.5 Å². The lowest BCUT2D eigenvalue weighted by molar-refractivity contribution is 0.0472. The van der Waals surface area contributed by atoms with E-state index in [1.807, 2.05) is 0 Å². The van der Waals surface area contributed by atoms with Crippen molar-refractivity contribution in [3.63, 3.8) is 0 Å². The quantitative estimate of drug-likeness (QED) is 0.690. The Bertz CT molecular complexity index is 186. The Hall–Kier alpha value is -0.700. The molecule has 1 aliphatic carbocycles. The summed E-state index contributed by atoms with van der Waals surface area (Å²) >= 11 is 0. The van der Waals surface area contributed by atoms with Gasteiger partial charge in [-0.1, -0.05) is 6.92 Å². The lowest BCUT2D eigenvalue weighted by atomic mass is 9.91. The molecular weight excluding hydrogens is 156 g/mol. The summed E-state index contributed by atoms with van der Waals surface area (Å²) in [7, 11) is 3.18. The zero-order valence-corrected chi connectivity index (χ0v) is 7.83. The number of hydrogen-bond donors (Lipinski definition) is 1. The fraction of sp³-hybridized carbons (Fsp3) is 0.778. The third kappa shape index (κ3) is 1.72. The van der Waals surface area contributed by atoms with Gasteiger partial charge in [0.05, 0.1) is 7.11 Å². The van der Waals surface area contributed by atoms with Crippen molar-refractivity contribution in [3.05, 3.63) is 11.5 Å². The van der Waals surface area contributed by atoms with Crippen molar-refractivity contribution in [1.29, 1.82) is 0 Å². The Morgan fingerprint density at radius 1 is 1.42 bits per heavy atom. The van der Waals surface area contributed by atoms with E-state index < -0.39 is 0 Å². The molecule has 12 heavy (non-hydrogen) atoms. The number of hydrogen-bond acceptors (Lipinski definition) is 3. The van der Waals surface area contributed by atoms with Gasteiger partial charge < -0.3 is 14.6 Å². The summed E-state index contributed by atoms with van der Waals surface area (Å²) in [5.74, 6) is 1.44. The molecule has 1 unspecified atom stereocenters. The molecule has 70 valence electrons. The van der Waals surface area contributed by atoms with Crippen LogP contribution in [-0.2, 0) is 9.47 Å². The van der Waals surface area contributed by atoms with Crippen molar-refractivity contribution in [2.24, 2.45) is 5.92 Å². The van der Waals surface area contributed by atoms with Gasteiger partial charge in [-0.25, -0.2) is 0 Å². The minimum Gasteiger partial charge on any atom is -0.506 e. The average molecular weight is 172 g/mol. The van der Waals surface area contributed by atoms with Crippen LogP contribution >= 0.6 is 0 Å². The molecule has 0 radical (unpaired) electrons. The molecule has 0 saturated heterocycles. The minimum atomic E-state index is -0.177. The first-order valence-electron chi connectivity index (χ1n) is 4.17. The topological polar surface area (TPSA) is 38.7 Å². The van der Waals surface area contributed by atoms with E-state index in [1.54, 1.807) is 14.2 Å². The van der Waals surface area contributed by atoms with Crippen LogP contribution in [0, 0.1) is 5.92 Å². The van der Waals surface area contributed by atoms with E-state index in [-0.39, 0.29) is 11.9 Å². The molecule has 0 fully saturated rings. The van der Waals surface area contributed by atoms with Crippen LogP contribution < -0.4 is 0 Å². The number of ether oxygens (including phenoxy) is 2. The normalized spacial score (nSPS) is 30.6. The molecular formula is C9H16O3. The van der Waals surface area contributed by atoms with Gasteiger partial charge in [0.25, 0.3) is 0 Å². The van der Waals surface area contributed by atoms with Gasteiger partial charge in [0.15, 0.2) is 5.76 Å². The molecule has 1 rings (SSSR count). The highest BCUT2D eigenvalue weighted by Crippen LogP contribution is 2.29. The molecule has 0 aliphatic heterocycles. The second-order valence-corrected chi connectivity index (χ2v) is 3.28. The number of aliphatic hydroxyl groups excluding tert-OH is 1. The molecule has 1 N–H and O–H groups in total. The van der Waals surface area contributed by atoms with Gasteiger partial charge in [0.1, 0.15) is 11.9 Å². The number of rotatable bonds is 2. The van der Waals surface area contributed by atoms with Crippen LogP contribution in [0.1, 0.15) is 19.8 Å². The van der Waals surface area contributed by atoms with Crippen molar-refractivity contribution >= 4 is 0 Å². The fourth-order valence-electron chi connectivity index (χ4n) is 1.56. The first kappa shape index (κ1) is 9.39. The van der Waals surface area contributed by atoms with E-state index in [0.29, 0.717) is 11.7 Å². The van der Waals surface area contributed by atoms with E-state index in [4.69, 9.17) is 9.47 Å². The zero-order chi connectivity index (χ0) is 9.14. The Morgan fingerprint density at radius 2 is 2.08 bits per heavy atom. The van der Waals surface area contributed by atoms with Crippen molar-refractivity contribution in [1.82, 2.24) is 0 Å². The largest absolute Gasteiger partial charge is 0.506 e. The Labute approximate surface area is 73.0 Å². The Kier molecular flexibility index (Phi) is 2.98. The van der Waals surface area contributed by atoms with Gasteiger partial charge in [-0.15, -0.1) is 0 Å². The highest BCUT2D eigenvalue weighted by atomic mass is 16.5. The molecule has 3 nitrogen and oxygen atoms in total. The summed E-state index contributed by atoms with van der Waals surface area (Å²) in [6.45, 7) is 2.12. The predicted molar refractivity (Wildman–Crippen MR) is 45.9 cm³/mol. The van der Waals surface area contributed by atoms with Crippen LogP contribution in [0.25, 0.3) is 0 Å². The first-order chi connectivity index (χ1) is 5.69. The average Bonchev–Trinajstić information content (AvgIpc) is 2.08.